The Morgan fingerprint density at radius 2 is 1.65 bits per heavy atom. The van der Waals surface area contributed by atoms with E-state index in [-0.39, 0.29) is 18.0 Å². The lowest BCUT2D eigenvalue weighted by atomic mass is 9.80. The molecule has 0 saturated carbocycles. The summed E-state index contributed by atoms with van der Waals surface area (Å²) in [5, 5.41) is 0. The van der Waals surface area contributed by atoms with Gasteiger partial charge in [-0.15, -0.1) is 0 Å². The van der Waals surface area contributed by atoms with Crippen molar-refractivity contribution >= 4 is 22.6 Å². The van der Waals surface area contributed by atoms with Gasteiger partial charge in [0.05, 0.1) is 17.4 Å². The van der Waals surface area contributed by atoms with Crippen molar-refractivity contribution in [2.24, 2.45) is 10.8 Å². The smallest absolute Gasteiger partial charge is 0.161 e. The fourth-order valence-electron chi connectivity index (χ4n) is 2.53. The number of aromatic nitrogens is 2. The van der Waals surface area contributed by atoms with Gasteiger partial charge < -0.3 is 4.57 Å². The summed E-state index contributed by atoms with van der Waals surface area (Å²) in [7, 11) is 0. The number of hydrogen-bond acceptors (Lipinski definition) is 3. The van der Waals surface area contributed by atoms with E-state index in [1.807, 2.05) is 70.4 Å². The lowest BCUT2D eigenvalue weighted by molar-refractivity contribution is -0.135. The summed E-state index contributed by atoms with van der Waals surface area (Å²) < 4.78 is 1.85. The van der Waals surface area contributed by atoms with Gasteiger partial charge in [-0.1, -0.05) is 53.7 Å². The number of hydrogen-bond donors (Lipinski definition) is 0. The molecule has 0 radical (unpaired) electrons. The monoisotopic (exact) mass is 314 g/mol. The first-order chi connectivity index (χ1) is 10.5. The van der Waals surface area contributed by atoms with Gasteiger partial charge in [-0.3, -0.25) is 9.59 Å². The molecule has 0 aliphatic rings. The standard InChI is InChI=1S/C19H26N2O2/c1-18(2,3)16(22)11-15(17(23)19(4,5)6)21-12-20-13-9-7-8-10-14(13)21/h7-10,12,15H,11H2,1-6H3/t15-/m0/s1. The van der Waals surface area contributed by atoms with Crippen LogP contribution in [-0.2, 0) is 9.59 Å². The fourth-order valence-corrected chi connectivity index (χ4v) is 2.53. The summed E-state index contributed by atoms with van der Waals surface area (Å²) in [6.07, 6.45) is 1.87. The highest BCUT2D eigenvalue weighted by atomic mass is 16.1. The molecule has 0 amide bonds. The number of ketones is 2. The highest BCUT2D eigenvalue weighted by Gasteiger charge is 2.35. The molecule has 4 nitrogen and oxygen atoms in total. The van der Waals surface area contributed by atoms with E-state index in [1.54, 1.807) is 6.33 Å². The van der Waals surface area contributed by atoms with Crippen LogP contribution in [0, 0.1) is 10.8 Å². The second-order valence-corrected chi connectivity index (χ2v) is 8.15. The molecule has 4 heteroatoms. The van der Waals surface area contributed by atoms with Crippen molar-refractivity contribution in [1.29, 1.82) is 0 Å². The van der Waals surface area contributed by atoms with Crippen molar-refractivity contribution < 1.29 is 9.59 Å². The molecule has 0 saturated heterocycles. The van der Waals surface area contributed by atoms with E-state index in [4.69, 9.17) is 0 Å². The Morgan fingerprint density at radius 1 is 1.04 bits per heavy atom. The SMILES string of the molecule is CC(C)(C)C(=O)C[C@@H](C(=O)C(C)(C)C)n1cnc2ccccc21. The zero-order valence-electron chi connectivity index (χ0n) is 14.9. The Kier molecular flexibility index (Phi) is 4.47. The van der Waals surface area contributed by atoms with E-state index < -0.39 is 16.9 Å². The molecule has 1 heterocycles. The van der Waals surface area contributed by atoms with Gasteiger partial charge in [0, 0.05) is 17.3 Å². The van der Waals surface area contributed by atoms with Gasteiger partial charge in [0.1, 0.15) is 11.8 Å². The van der Waals surface area contributed by atoms with Gasteiger partial charge in [-0.2, -0.15) is 0 Å². The number of imidazole rings is 1. The lowest BCUT2D eigenvalue weighted by Gasteiger charge is -2.28. The first-order valence-electron chi connectivity index (χ1n) is 8.01. The van der Waals surface area contributed by atoms with Crippen molar-refractivity contribution in [3.63, 3.8) is 0 Å². The van der Waals surface area contributed by atoms with E-state index in [9.17, 15) is 9.59 Å². The number of fused-ring (bicyclic) bond motifs is 1. The van der Waals surface area contributed by atoms with Crippen LogP contribution < -0.4 is 0 Å². The van der Waals surface area contributed by atoms with Gasteiger partial charge in [0.15, 0.2) is 5.78 Å². The molecule has 0 aliphatic heterocycles. The molecule has 1 aromatic heterocycles. The molecular formula is C19H26N2O2. The second-order valence-electron chi connectivity index (χ2n) is 8.15. The Balaban J connectivity index is 2.49. The van der Waals surface area contributed by atoms with Crippen molar-refractivity contribution in [3.05, 3.63) is 30.6 Å². The van der Waals surface area contributed by atoms with Crippen LogP contribution in [0.25, 0.3) is 11.0 Å². The summed E-state index contributed by atoms with van der Waals surface area (Å²) in [6.45, 7) is 11.3. The minimum absolute atomic E-state index is 0.0539. The number of carbonyl (C=O) groups is 2. The third-order valence-corrected chi connectivity index (χ3v) is 4.07. The van der Waals surface area contributed by atoms with Crippen LogP contribution in [0.5, 0.6) is 0 Å². The van der Waals surface area contributed by atoms with Crippen molar-refractivity contribution in [3.8, 4) is 0 Å². The zero-order valence-corrected chi connectivity index (χ0v) is 14.9. The Hall–Kier alpha value is -1.97. The van der Waals surface area contributed by atoms with Crippen molar-refractivity contribution in [2.45, 2.75) is 54.0 Å². The predicted octanol–water partition coefficient (Wildman–Crippen LogP) is 4.20. The van der Waals surface area contributed by atoms with Crippen LogP contribution in [0.4, 0.5) is 0 Å². The molecule has 1 aromatic carbocycles. The molecule has 0 aliphatic carbocycles. The molecule has 0 unspecified atom stereocenters. The van der Waals surface area contributed by atoms with Crippen molar-refractivity contribution in [2.75, 3.05) is 0 Å². The third-order valence-electron chi connectivity index (χ3n) is 4.07. The largest absolute Gasteiger partial charge is 0.319 e. The van der Waals surface area contributed by atoms with Gasteiger partial charge >= 0.3 is 0 Å². The first kappa shape index (κ1) is 17.4. The number of para-hydroxylation sites is 2. The topological polar surface area (TPSA) is 52.0 Å². The first-order valence-corrected chi connectivity index (χ1v) is 8.01. The summed E-state index contributed by atoms with van der Waals surface area (Å²) in [5.41, 5.74) is 0.736. The molecular weight excluding hydrogens is 288 g/mol. The quantitative estimate of drug-likeness (QED) is 0.850. The molecule has 23 heavy (non-hydrogen) atoms. The third kappa shape index (κ3) is 3.69. The highest BCUT2D eigenvalue weighted by molar-refractivity contribution is 5.94. The highest BCUT2D eigenvalue weighted by Crippen LogP contribution is 2.31. The van der Waals surface area contributed by atoms with Crippen LogP contribution in [0.2, 0.25) is 0 Å². The Bertz CT molecular complexity index is 730. The molecule has 2 aromatic rings. The molecule has 2 rings (SSSR count). The number of carbonyl (C=O) groups excluding carboxylic acids is 2. The van der Waals surface area contributed by atoms with Gasteiger partial charge in [-0.25, -0.2) is 4.98 Å². The predicted molar refractivity (Wildman–Crippen MR) is 92.3 cm³/mol. The van der Waals surface area contributed by atoms with Crippen LogP contribution in [0.15, 0.2) is 30.6 Å². The molecule has 0 N–H and O–H groups in total. The average Bonchev–Trinajstić information content (AvgIpc) is 2.85. The van der Waals surface area contributed by atoms with E-state index in [1.165, 1.54) is 0 Å². The molecule has 0 bridgehead atoms. The number of rotatable bonds is 4. The number of nitrogens with zero attached hydrogens (tertiary/aromatic N) is 2. The molecule has 0 spiro atoms. The van der Waals surface area contributed by atoms with Crippen LogP contribution in [-0.4, -0.2) is 21.1 Å². The Morgan fingerprint density at radius 3 is 2.22 bits per heavy atom. The number of benzene rings is 1. The second kappa shape index (κ2) is 5.91. The average molecular weight is 314 g/mol. The van der Waals surface area contributed by atoms with E-state index in [0.29, 0.717) is 0 Å². The normalized spacial score (nSPS) is 14.0. The van der Waals surface area contributed by atoms with Crippen molar-refractivity contribution in [1.82, 2.24) is 9.55 Å². The molecule has 1 atom stereocenters. The van der Waals surface area contributed by atoms with Gasteiger partial charge in [-0.05, 0) is 12.1 Å². The van der Waals surface area contributed by atoms with Gasteiger partial charge in [0.2, 0.25) is 0 Å². The lowest BCUT2D eigenvalue weighted by Crippen LogP contribution is -2.34. The molecule has 0 fully saturated rings. The summed E-state index contributed by atoms with van der Waals surface area (Å²) in [5.74, 6) is 0.135. The maximum Gasteiger partial charge on any atom is 0.161 e. The Labute approximate surface area is 137 Å². The maximum absolute atomic E-state index is 13.0. The summed E-state index contributed by atoms with van der Waals surface area (Å²) in [4.78, 5) is 29.9. The van der Waals surface area contributed by atoms with Crippen LogP contribution in [0.1, 0.15) is 54.0 Å². The van der Waals surface area contributed by atoms with E-state index >= 15 is 0 Å². The summed E-state index contributed by atoms with van der Waals surface area (Å²) in [6, 6.07) is 7.17. The molecule has 124 valence electrons. The minimum atomic E-state index is -0.520. The minimum Gasteiger partial charge on any atom is -0.319 e. The van der Waals surface area contributed by atoms with Gasteiger partial charge in [0.25, 0.3) is 0 Å². The number of Topliss-reactive ketones (excluding diaryl/α,β-unsaturated/α-hetero) is 2. The fraction of sp³-hybridized carbons (Fsp3) is 0.526. The van der Waals surface area contributed by atoms with Crippen LogP contribution >= 0.6 is 0 Å². The maximum atomic E-state index is 13.0. The zero-order chi connectivity index (χ0) is 17.4. The van der Waals surface area contributed by atoms with E-state index in [2.05, 4.69) is 4.98 Å². The van der Waals surface area contributed by atoms with Crippen LogP contribution in [0.3, 0.4) is 0 Å². The van der Waals surface area contributed by atoms with E-state index in [0.717, 1.165) is 11.0 Å². The summed E-state index contributed by atoms with van der Waals surface area (Å²) >= 11 is 0.